The Morgan fingerprint density at radius 1 is 1.16 bits per heavy atom. The molecule has 1 aliphatic rings. The average molecular weight is 341 g/mol. The van der Waals surface area contributed by atoms with Crippen LogP contribution >= 0.6 is 15.9 Å². The second kappa shape index (κ2) is 5.76. The van der Waals surface area contributed by atoms with Crippen LogP contribution in [0.5, 0.6) is 0 Å². The van der Waals surface area contributed by atoms with E-state index in [4.69, 9.17) is 0 Å². The van der Waals surface area contributed by atoms with Gasteiger partial charge in [0.1, 0.15) is 11.9 Å². The normalized spacial score (nSPS) is 19.4. The molecular formula is C12H13BrF4N2. The molecule has 19 heavy (non-hydrogen) atoms. The number of halogens is 5. The molecule has 7 heteroatoms. The highest BCUT2D eigenvalue weighted by Gasteiger charge is 2.45. The standard InChI is InChI=1S/C12H13BrF4N2/c13-9-5-8(6-10(14)7-9)11(12(15,16)17)19-3-1-18-2-4-19/h5-7,11,18H,1-4H2/t11-/m0/s1. The van der Waals surface area contributed by atoms with Crippen LogP contribution in [0, 0.1) is 5.82 Å². The van der Waals surface area contributed by atoms with E-state index in [0.29, 0.717) is 17.6 Å². The molecule has 1 N–H and O–H groups in total. The Bertz CT molecular complexity index is 424. The zero-order chi connectivity index (χ0) is 14.0. The number of hydrogen-bond acceptors (Lipinski definition) is 2. The zero-order valence-electron chi connectivity index (χ0n) is 9.97. The number of hydrogen-bond donors (Lipinski definition) is 1. The highest BCUT2D eigenvalue weighted by atomic mass is 79.9. The lowest BCUT2D eigenvalue weighted by molar-refractivity contribution is -0.187. The van der Waals surface area contributed by atoms with E-state index < -0.39 is 18.0 Å². The summed E-state index contributed by atoms with van der Waals surface area (Å²) in [6.07, 6.45) is -4.43. The lowest BCUT2D eigenvalue weighted by Crippen LogP contribution is -2.49. The first-order valence-corrected chi connectivity index (χ1v) is 6.65. The van der Waals surface area contributed by atoms with Gasteiger partial charge in [0.25, 0.3) is 0 Å². The Kier molecular flexibility index (Phi) is 4.47. The van der Waals surface area contributed by atoms with Crippen LogP contribution in [0.25, 0.3) is 0 Å². The monoisotopic (exact) mass is 340 g/mol. The first-order chi connectivity index (χ1) is 8.88. The SMILES string of the molecule is Fc1cc(Br)cc([C@H](N2CCNCC2)C(F)(F)F)c1. The van der Waals surface area contributed by atoms with E-state index in [1.807, 2.05) is 0 Å². The molecule has 1 aromatic carbocycles. The Balaban J connectivity index is 2.36. The van der Waals surface area contributed by atoms with Gasteiger partial charge < -0.3 is 5.32 Å². The van der Waals surface area contributed by atoms with Gasteiger partial charge in [-0.05, 0) is 23.8 Å². The van der Waals surface area contributed by atoms with Crippen LogP contribution in [-0.4, -0.2) is 37.3 Å². The van der Waals surface area contributed by atoms with Crippen molar-refractivity contribution in [2.75, 3.05) is 26.2 Å². The van der Waals surface area contributed by atoms with Gasteiger partial charge >= 0.3 is 6.18 Å². The lowest BCUT2D eigenvalue weighted by atomic mass is 10.0. The molecule has 1 atom stereocenters. The summed E-state index contributed by atoms with van der Waals surface area (Å²) in [5.41, 5.74) is -0.0683. The maximum Gasteiger partial charge on any atom is 0.408 e. The summed E-state index contributed by atoms with van der Waals surface area (Å²) in [6.45, 7) is 1.59. The summed E-state index contributed by atoms with van der Waals surface area (Å²) < 4.78 is 53.4. The Hall–Kier alpha value is -0.660. The van der Waals surface area contributed by atoms with E-state index in [9.17, 15) is 17.6 Å². The smallest absolute Gasteiger partial charge is 0.314 e. The van der Waals surface area contributed by atoms with Gasteiger partial charge in [-0.1, -0.05) is 15.9 Å². The van der Waals surface area contributed by atoms with E-state index >= 15 is 0 Å². The predicted molar refractivity (Wildman–Crippen MR) is 67.3 cm³/mol. The van der Waals surface area contributed by atoms with Crippen molar-refractivity contribution in [2.24, 2.45) is 0 Å². The molecule has 0 aliphatic carbocycles. The van der Waals surface area contributed by atoms with Gasteiger partial charge in [0.05, 0.1) is 0 Å². The molecular weight excluding hydrogens is 328 g/mol. The second-order valence-electron chi connectivity index (χ2n) is 4.43. The van der Waals surface area contributed by atoms with Gasteiger partial charge in [-0.3, -0.25) is 4.90 Å². The summed E-state index contributed by atoms with van der Waals surface area (Å²) in [7, 11) is 0. The molecule has 1 fully saturated rings. The fraction of sp³-hybridized carbons (Fsp3) is 0.500. The van der Waals surface area contributed by atoms with Gasteiger partial charge in [0.2, 0.25) is 0 Å². The van der Waals surface area contributed by atoms with E-state index in [-0.39, 0.29) is 18.7 Å². The highest BCUT2D eigenvalue weighted by Crippen LogP contribution is 2.38. The van der Waals surface area contributed by atoms with E-state index in [1.165, 1.54) is 11.0 Å². The van der Waals surface area contributed by atoms with Gasteiger partial charge in [-0.2, -0.15) is 13.2 Å². The summed E-state index contributed by atoms with van der Waals surface area (Å²) in [5.74, 6) is -0.672. The number of rotatable bonds is 2. The third-order valence-corrected chi connectivity index (χ3v) is 3.49. The molecule has 0 spiro atoms. The van der Waals surface area contributed by atoms with Crippen LogP contribution in [0.2, 0.25) is 0 Å². The van der Waals surface area contributed by atoms with Crippen molar-refractivity contribution in [3.63, 3.8) is 0 Å². The number of nitrogens with one attached hydrogen (secondary N) is 1. The van der Waals surface area contributed by atoms with Crippen molar-refractivity contribution in [2.45, 2.75) is 12.2 Å². The fourth-order valence-corrected chi connectivity index (χ4v) is 2.76. The molecule has 1 aromatic rings. The molecule has 1 aliphatic heterocycles. The maximum atomic E-state index is 13.3. The number of benzene rings is 1. The van der Waals surface area contributed by atoms with Crippen molar-refractivity contribution in [1.82, 2.24) is 10.2 Å². The highest BCUT2D eigenvalue weighted by molar-refractivity contribution is 9.10. The maximum absolute atomic E-state index is 13.3. The minimum absolute atomic E-state index is 0.0683. The summed E-state index contributed by atoms with van der Waals surface area (Å²) in [6, 6.07) is 1.66. The van der Waals surface area contributed by atoms with Crippen LogP contribution in [0.15, 0.2) is 22.7 Å². The third-order valence-electron chi connectivity index (χ3n) is 3.03. The van der Waals surface area contributed by atoms with Crippen molar-refractivity contribution in [3.8, 4) is 0 Å². The third kappa shape index (κ3) is 3.67. The summed E-state index contributed by atoms with van der Waals surface area (Å²) in [4.78, 5) is 1.33. The molecule has 2 nitrogen and oxygen atoms in total. The van der Waals surface area contributed by atoms with E-state index in [0.717, 1.165) is 12.1 Å². The second-order valence-corrected chi connectivity index (χ2v) is 5.35. The number of nitrogens with zero attached hydrogens (tertiary/aromatic N) is 1. The minimum Gasteiger partial charge on any atom is -0.314 e. The minimum atomic E-state index is -4.43. The van der Waals surface area contributed by atoms with Crippen LogP contribution in [-0.2, 0) is 0 Å². The van der Waals surface area contributed by atoms with Crippen LogP contribution in [0.3, 0.4) is 0 Å². The van der Waals surface area contributed by atoms with Gasteiger partial charge in [-0.25, -0.2) is 4.39 Å². The summed E-state index contributed by atoms with van der Waals surface area (Å²) >= 11 is 3.03. The number of piperazine rings is 1. The molecule has 0 bridgehead atoms. The predicted octanol–water partition coefficient (Wildman–Crippen LogP) is 3.10. The zero-order valence-corrected chi connectivity index (χ0v) is 11.6. The fourth-order valence-electron chi connectivity index (χ4n) is 2.28. The lowest BCUT2D eigenvalue weighted by Gasteiger charge is -2.36. The first-order valence-electron chi connectivity index (χ1n) is 5.85. The largest absolute Gasteiger partial charge is 0.408 e. The molecule has 106 valence electrons. The molecule has 0 unspecified atom stereocenters. The van der Waals surface area contributed by atoms with Crippen molar-refractivity contribution < 1.29 is 17.6 Å². The van der Waals surface area contributed by atoms with Gasteiger partial charge in [0, 0.05) is 30.7 Å². The molecule has 2 rings (SSSR count). The van der Waals surface area contributed by atoms with Crippen molar-refractivity contribution in [3.05, 3.63) is 34.1 Å². The number of alkyl halides is 3. The van der Waals surface area contributed by atoms with Crippen molar-refractivity contribution >= 4 is 15.9 Å². The quantitative estimate of drug-likeness (QED) is 0.832. The molecule has 0 amide bonds. The van der Waals surface area contributed by atoms with E-state index in [1.54, 1.807) is 0 Å². The molecule has 1 saturated heterocycles. The van der Waals surface area contributed by atoms with Crippen molar-refractivity contribution in [1.29, 1.82) is 0 Å². The Labute approximate surface area is 116 Å². The van der Waals surface area contributed by atoms with Gasteiger partial charge in [-0.15, -0.1) is 0 Å². The first kappa shape index (κ1) is 14.7. The van der Waals surface area contributed by atoms with Crippen LogP contribution in [0.1, 0.15) is 11.6 Å². The topological polar surface area (TPSA) is 15.3 Å². The molecule has 0 aromatic heterocycles. The average Bonchev–Trinajstić information content (AvgIpc) is 2.27. The molecule has 0 saturated carbocycles. The summed E-state index contributed by atoms with van der Waals surface area (Å²) in [5, 5.41) is 3.00. The Morgan fingerprint density at radius 3 is 2.32 bits per heavy atom. The molecule has 1 heterocycles. The van der Waals surface area contributed by atoms with E-state index in [2.05, 4.69) is 21.2 Å². The van der Waals surface area contributed by atoms with Gasteiger partial charge in [0.15, 0.2) is 0 Å². The van der Waals surface area contributed by atoms with Crippen LogP contribution < -0.4 is 5.32 Å². The van der Waals surface area contributed by atoms with Crippen LogP contribution in [0.4, 0.5) is 17.6 Å². The Morgan fingerprint density at radius 2 is 1.79 bits per heavy atom. The molecule has 0 radical (unpaired) electrons.